The third-order valence-electron chi connectivity index (χ3n) is 3.42. The SMILES string of the molecule is CC(=O)Nc1cccc(NC(=O)/C=C/c2c(C)nn(C)c2C)c1. The summed E-state index contributed by atoms with van der Waals surface area (Å²) in [6.07, 6.45) is 3.23. The largest absolute Gasteiger partial charge is 0.326 e. The first-order chi connectivity index (χ1) is 10.9. The van der Waals surface area contributed by atoms with Crippen molar-refractivity contribution in [1.82, 2.24) is 9.78 Å². The van der Waals surface area contributed by atoms with Crippen LogP contribution in [0.3, 0.4) is 0 Å². The third-order valence-corrected chi connectivity index (χ3v) is 3.42. The number of hydrogen-bond acceptors (Lipinski definition) is 3. The Morgan fingerprint density at radius 1 is 1.17 bits per heavy atom. The van der Waals surface area contributed by atoms with E-state index in [1.807, 2.05) is 20.9 Å². The molecule has 0 aliphatic carbocycles. The zero-order valence-electron chi connectivity index (χ0n) is 13.7. The number of nitrogens with one attached hydrogen (secondary N) is 2. The smallest absolute Gasteiger partial charge is 0.248 e. The number of aromatic nitrogens is 2. The molecule has 0 aliphatic heterocycles. The van der Waals surface area contributed by atoms with Gasteiger partial charge < -0.3 is 10.6 Å². The molecule has 2 amide bonds. The number of carbonyl (C=O) groups excluding carboxylic acids is 2. The lowest BCUT2D eigenvalue weighted by molar-refractivity contribution is -0.114. The molecule has 6 nitrogen and oxygen atoms in total. The van der Waals surface area contributed by atoms with Gasteiger partial charge in [0.2, 0.25) is 11.8 Å². The maximum atomic E-state index is 12.0. The first kappa shape index (κ1) is 16.5. The summed E-state index contributed by atoms with van der Waals surface area (Å²) >= 11 is 0. The second kappa shape index (κ2) is 6.91. The molecule has 2 rings (SSSR count). The van der Waals surface area contributed by atoms with Crippen LogP contribution in [0.2, 0.25) is 0 Å². The molecule has 2 aromatic rings. The highest BCUT2D eigenvalue weighted by Gasteiger charge is 2.07. The zero-order valence-corrected chi connectivity index (χ0v) is 13.7. The van der Waals surface area contributed by atoms with E-state index in [2.05, 4.69) is 15.7 Å². The Morgan fingerprint density at radius 3 is 2.39 bits per heavy atom. The summed E-state index contributed by atoms with van der Waals surface area (Å²) in [5, 5.41) is 9.75. The summed E-state index contributed by atoms with van der Waals surface area (Å²) in [6, 6.07) is 6.99. The molecule has 0 spiro atoms. The van der Waals surface area contributed by atoms with Crippen molar-refractivity contribution in [2.24, 2.45) is 7.05 Å². The molecule has 0 bridgehead atoms. The first-order valence-electron chi connectivity index (χ1n) is 7.23. The molecule has 0 saturated heterocycles. The van der Waals surface area contributed by atoms with Gasteiger partial charge in [-0.2, -0.15) is 5.10 Å². The summed E-state index contributed by atoms with van der Waals surface area (Å²) < 4.78 is 1.78. The molecule has 0 fully saturated rings. The van der Waals surface area contributed by atoms with E-state index in [4.69, 9.17) is 0 Å². The lowest BCUT2D eigenvalue weighted by atomic mass is 10.2. The molecule has 0 atom stereocenters. The van der Waals surface area contributed by atoms with Crippen LogP contribution < -0.4 is 10.6 Å². The number of anilines is 2. The van der Waals surface area contributed by atoms with Crippen LogP contribution in [0.25, 0.3) is 6.08 Å². The molecule has 1 aromatic carbocycles. The van der Waals surface area contributed by atoms with Crippen LogP contribution in [-0.2, 0) is 16.6 Å². The van der Waals surface area contributed by atoms with E-state index in [0.717, 1.165) is 17.0 Å². The Morgan fingerprint density at radius 2 is 1.83 bits per heavy atom. The predicted octanol–water partition coefficient (Wildman–Crippen LogP) is 2.65. The van der Waals surface area contributed by atoms with Crippen LogP contribution >= 0.6 is 0 Å². The molecule has 6 heteroatoms. The van der Waals surface area contributed by atoms with Gasteiger partial charge in [-0.05, 0) is 38.1 Å². The number of nitrogens with zero attached hydrogens (tertiary/aromatic N) is 2. The highest BCUT2D eigenvalue weighted by atomic mass is 16.2. The molecule has 0 aliphatic rings. The normalized spacial score (nSPS) is 10.8. The van der Waals surface area contributed by atoms with Gasteiger partial charge in [-0.25, -0.2) is 0 Å². The molecule has 120 valence electrons. The highest BCUT2D eigenvalue weighted by molar-refractivity contribution is 6.02. The van der Waals surface area contributed by atoms with Crippen molar-refractivity contribution >= 4 is 29.3 Å². The summed E-state index contributed by atoms with van der Waals surface area (Å²) in [7, 11) is 1.87. The van der Waals surface area contributed by atoms with E-state index in [9.17, 15) is 9.59 Å². The van der Waals surface area contributed by atoms with E-state index in [-0.39, 0.29) is 11.8 Å². The van der Waals surface area contributed by atoms with Crippen LogP contribution in [0, 0.1) is 13.8 Å². The Kier molecular flexibility index (Phi) is 4.95. The number of rotatable bonds is 4. The number of aryl methyl sites for hydroxylation is 2. The van der Waals surface area contributed by atoms with Gasteiger partial charge in [0.1, 0.15) is 0 Å². The molecule has 2 N–H and O–H groups in total. The van der Waals surface area contributed by atoms with Crippen LogP contribution in [0.5, 0.6) is 0 Å². The fourth-order valence-electron chi connectivity index (χ4n) is 2.25. The quantitative estimate of drug-likeness (QED) is 0.852. The number of hydrogen-bond donors (Lipinski definition) is 2. The second-order valence-corrected chi connectivity index (χ2v) is 5.29. The molecule has 1 heterocycles. The minimum Gasteiger partial charge on any atom is -0.326 e. The van der Waals surface area contributed by atoms with Gasteiger partial charge in [-0.1, -0.05) is 6.07 Å². The van der Waals surface area contributed by atoms with E-state index in [1.165, 1.54) is 13.0 Å². The Hall–Kier alpha value is -2.89. The van der Waals surface area contributed by atoms with Crippen molar-refractivity contribution in [3.63, 3.8) is 0 Å². The fraction of sp³-hybridized carbons (Fsp3) is 0.235. The van der Waals surface area contributed by atoms with Gasteiger partial charge in [0, 0.05) is 42.7 Å². The van der Waals surface area contributed by atoms with Crippen LogP contribution in [0.1, 0.15) is 23.9 Å². The standard InChI is InChI=1S/C17H20N4O2/c1-11-16(12(2)21(4)20-11)8-9-17(23)19-15-7-5-6-14(10-15)18-13(3)22/h5-10H,1-4H3,(H,18,22)(H,19,23)/b9-8+. The van der Waals surface area contributed by atoms with Gasteiger partial charge in [-0.3, -0.25) is 14.3 Å². The van der Waals surface area contributed by atoms with Gasteiger partial charge in [0.25, 0.3) is 0 Å². The Balaban J connectivity index is 2.07. The average Bonchev–Trinajstić information content (AvgIpc) is 2.70. The average molecular weight is 312 g/mol. The van der Waals surface area contributed by atoms with Crippen molar-refractivity contribution in [2.45, 2.75) is 20.8 Å². The topological polar surface area (TPSA) is 76.0 Å². The van der Waals surface area contributed by atoms with Crippen molar-refractivity contribution in [1.29, 1.82) is 0 Å². The fourth-order valence-corrected chi connectivity index (χ4v) is 2.25. The summed E-state index contributed by atoms with van der Waals surface area (Å²) in [4.78, 5) is 23.1. The minimum absolute atomic E-state index is 0.157. The number of amides is 2. The molecule has 23 heavy (non-hydrogen) atoms. The van der Waals surface area contributed by atoms with E-state index in [1.54, 1.807) is 35.0 Å². The van der Waals surface area contributed by atoms with E-state index < -0.39 is 0 Å². The summed E-state index contributed by atoms with van der Waals surface area (Å²) in [6.45, 7) is 5.29. The van der Waals surface area contributed by atoms with Crippen molar-refractivity contribution in [2.75, 3.05) is 10.6 Å². The van der Waals surface area contributed by atoms with Crippen molar-refractivity contribution in [3.05, 3.63) is 47.3 Å². The maximum Gasteiger partial charge on any atom is 0.248 e. The summed E-state index contributed by atoms with van der Waals surface area (Å²) in [5.41, 5.74) is 4.07. The predicted molar refractivity (Wildman–Crippen MR) is 91.1 cm³/mol. The van der Waals surface area contributed by atoms with Gasteiger partial charge in [0.15, 0.2) is 0 Å². The van der Waals surface area contributed by atoms with Gasteiger partial charge in [-0.15, -0.1) is 0 Å². The maximum absolute atomic E-state index is 12.0. The molecular formula is C17H20N4O2. The van der Waals surface area contributed by atoms with Crippen molar-refractivity contribution in [3.8, 4) is 0 Å². The molecular weight excluding hydrogens is 292 g/mol. The molecule has 0 saturated carbocycles. The molecule has 0 radical (unpaired) electrons. The van der Waals surface area contributed by atoms with Crippen molar-refractivity contribution < 1.29 is 9.59 Å². The number of carbonyl (C=O) groups is 2. The van der Waals surface area contributed by atoms with Crippen LogP contribution in [0.15, 0.2) is 30.3 Å². The van der Waals surface area contributed by atoms with Crippen LogP contribution in [0.4, 0.5) is 11.4 Å². The third kappa shape index (κ3) is 4.29. The minimum atomic E-state index is -0.243. The number of benzene rings is 1. The zero-order chi connectivity index (χ0) is 17.0. The monoisotopic (exact) mass is 312 g/mol. The molecule has 1 aromatic heterocycles. The highest BCUT2D eigenvalue weighted by Crippen LogP contribution is 2.16. The lowest BCUT2D eigenvalue weighted by Crippen LogP contribution is -2.09. The molecule has 0 unspecified atom stereocenters. The van der Waals surface area contributed by atoms with Gasteiger partial charge in [0.05, 0.1) is 5.69 Å². The van der Waals surface area contributed by atoms with Gasteiger partial charge >= 0.3 is 0 Å². The van der Waals surface area contributed by atoms with E-state index in [0.29, 0.717) is 11.4 Å². The Bertz CT molecular complexity index is 775. The Labute approximate surface area is 135 Å². The second-order valence-electron chi connectivity index (χ2n) is 5.29. The first-order valence-corrected chi connectivity index (χ1v) is 7.23. The summed E-state index contributed by atoms with van der Waals surface area (Å²) in [5.74, 6) is -0.400. The lowest BCUT2D eigenvalue weighted by Gasteiger charge is -2.06. The van der Waals surface area contributed by atoms with Crippen LogP contribution in [-0.4, -0.2) is 21.6 Å². The van der Waals surface area contributed by atoms with E-state index >= 15 is 0 Å².